The summed E-state index contributed by atoms with van der Waals surface area (Å²) in [5.74, 6) is 0.588. The van der Waals surface area contributed by atoms with Crippen LogP contribution < -0.4 is 5.32 Å². The minimum atomic E-state index is -0.143. The van der Waals surface area contributed by atoms with Crippen molar-refractivity contribution in [1.82, 2.24) is 5.32 Å². The van der Waals surface area contributed by atoms with Crippen molar-refractivity contribution in [2.75, 3.05) is 13.1 Å². The van der Waals surface area contributed by atoms with E-state index in [0.29, 0.717) is 0 Å². The van der Waals surface area contributed by atoms with E-state index in [-0.39, 0.29) is 5.82 Å². The van der Waals surface area contributed by atoms with Gasteiger partial charge in [0, 0.05) is 0 Å². The van der Waals surface area contributed by atoms with Gasteiger partial charge in [0.05, 0.1) is 0 Å². The lowest BCUT2D eigenvalue weighted by Crippen LogP contribution is -2.30. The molecule has 0 saturated carbocycles. The minimum absolute atomic E-state index is 0.143. The van der Waals surface area contributed by atoms with Crippen LogP contribution in [0.4, 0.5) is 4.39 Å². The molecule has 2 heteroatoms. The lowest BCUT2D eigenvalue weighted by atomic mass is 9.92. The van der Waals surface area contributed by atoms with Gasteiger partial charge in [0.2, 0.25) is 0 Å². The standard InChI is InChI=1S/C12H16FN.C2H4/c13-12-5-3-10(4-6-12)8-11-2-1-7-14-9-11;1-2/h3-6,11,14H,1-2,7-9H2;1-2H2. The molecule has 2 rings (SSSR count). The number of rotatable bonds is 2. The van der Waals surface area contributed by atoms with Gasteiger partial charge in [-0.05, 0) is 56.0 Å². The topological polar surface area (TPSA) is 12.0 Å². The van der Waals surface area contributed by atoms with Gasteiger partial charge in [-0.1, -0.05) is 12.1 Å². The third-order valence-corrected chi connectivity index (χ3v) is 2.84. The Hall–Kier alpha value is -1.15. The number of hydrogen-bond acceptors (Lipinski definition) is 1. The van der Waals surface area contributed by atoms with Crippen LogP contribution in [0.25, 0.3) is 0 Å². The fraction of sp³-hybridized carbons (Fsp3) is 0.429. The lowest BCUT2D eigenvalue weighted by Gasteiger charge is -2.22. The van der Waals surface area contributed by atoms with E-state index in [2.05, 4.69) is 18.5 Å². The Kier molecular flexibility index (Phi) is 5.79. The van der Waals surface area contributed by atoms with Crippen molar-refractivity contribution in [1.29, 1.82) is 0 Å². The molecular weight excluding hydrogens is 201 g/mol. The molecule has 1 aromatic rings. The first-order chi connectivity index (χ1) is 7.84. The zero-order valence-corrected chi connectivity index (χ0v) is 9.71. The van der Waals surface area contributed by atoms with Crippen LogP contribution >= 0.6 is 0 Å². The molecule has 1 nitrogen and oxygen atoms in total. The van der Waals surface area contributed by atoms with Gasteiger partial charge in [0.15, 0.2) is 0 Å². The van der Waals surface area contributed by atoms with Gasteiger partial charge in [-0.2, -0.15) is 0 Å². The summed E-state index contributed by atoms with van der Waals surface area (Å²) in [5, 5.41) is 3.39. The highest BCUT2D eigenvalue weighted by atomic mass is 19.1. The lowest BCUT2D eigenvalue weighted by molar-refractivity contribution is 0.376. The molecule has 1 unspecified atom stereocenters. The van der Waals surface area contributed by atoms with Crippen molar-refractivity contribution in [3.05, 3.63) is 48.8 Å². The van der Waals surface area contributed by atoms with Gasteiger partial charge in [-0.3, -0.25) is 0 Å². The first kappa shape index (κ1) is 12.9. The van der Waals surface area contributed by atoms with Crippen molar-refractivity contribution < 1.29 is 4.39 Å². The van der Waals surface area contributed by atoms with Gasteiger partial charge < -0.3 is 5.32 Å². The number of piperidine rings is 1. The first-order valence-electron chi connectivity index (χ1n) is 5.80. The summed E-state index contributed by atoms with van der Waals surface area (Å²) in [7, 11) is 0. The molecule has 1 heterocycles. The van der Waals surface area contributed by atoms with Crippen LogP contribution in [0.15, 0.2) is 37.4 Å². The van der Waals surface area contributed by atoms with E-state index in [0.717, 1.165) is 25.4 Å². The third-order valence-electron chi connectivity index (χ3n) is 2.84. The van der Waals surface area contributed by atoms with Crippen LogP contribution in [-0.4, -0.2) is 13.1 Å². The van der Waals surface area contributed by atoms with Gasteiger partial charge in [-0.15, -0.1) is 13.2 Å². The summed E-state index contributed by atoms with van der Waals surface area (Å²) in [6.07, 6.45) is 3.64. The Labute approximate surface area is 97.4 Å². The highest BCUT2D eigenvalue weighted by Crippen LogP contribution is 2.16. The first-order valence-corrected chi connectivity index (χ1v) is 5.80. The maximum absolute atomic E-state index is 12.7. The predicted molar refractivity (Wildman–Crippen MR) is 67.0 cm³/mol. The van der Waals surface area contributed by atoms with Crippen molar-refractivity contribution in [2.45, 2.75) is 19.3 Å². The molecule has 1 atom stereocenters. The molecule has 0 aromatic heterocycles. The Morgan fingerprint density at radius 2 is 1.94 bits per heavy atom. The minimum Gasteiger partial charge on any atom is -0.316 e. The summed E-state index contributed by atoms with van der Waals surface area (Å²) < 4.78 is 12.7. The molecule has 0 radical (unpaired) electrons. The summed E-state index contributed by atoms with van der Waals surface area (Å²) >= 11 is 0. The quantitative estimate of drug-likeness (QED) is 0.756. The Balaban J connectivity index is 0.000000606. The summed E-state index contributed by atoms with van der Waals surface area (Å²) in [5.41, 5.74) is 1.25. The summed E-state index contributed by atoms with van der Waals surface area (Å²) in [6, 6.07) is 6.88. The Morgan fingerprint density at radius 3 is 2.50 bits per heavy atom. The average Bonchev–Trinajstić information content (AvgIpc) is 2.36. The molecule has 88 valence electrons. The van der Waals surface area contributed by atoms with E-state index in [9.17, 15) is 4.39 Å². The largest absolute Gasteiger partial charge is 0.316 e. The highest BCUT2D eigenvalue weighted by Gasteiger charge is 2.12. The SMILES string of the molecule is C=C.Fc1ccc(CC2CCCNC2)cc1. The summed E-state index contributed by atoms with van der Waals surface area (Å²) in [4.78, 5) is 0. The predicted octanol–water partition coefficient (Wildman–Crippen LogP) is 3.17. The molecule has 0 spiro atoms. The number of halogens is 1. The number of benzene rings is 1. The molecule has 1 aliphatic rings. The highest BCUT2D eigenvalue weighted by molar-refractivity contribution is 5.16. The van der Waals surface area contributed by atoms with Crippen LogP contribution in [0.2, 0.25) is 0 Å². The smallest absolute Gasteiger partial charge is 0.123 e. The van der Waals surface area contributed by atoms with E-state index in [1.807, 2.05) is 12.1 Å². The van der Waals surface area contributed by atoms with Crippen molar-refractivity contribution in [2.24, 2.45) is 5.92 Å². The zero-order chi connectivity index (χ0) is 11.8. The Bertz CT molecular complexity index is 288. The molecule has 1 fully saturated rings. The van der Waals surface area contributed by atoms with E-state index in [4.69, 9.17) is 0 Å². The van der Waals surface area contributed by atoms with Gasteiger partial charge in [-0.25, -0.2) is 4.39 Å². The zero-order valence-electron chi connectivity index (χ0n) is 9.71. The van der Waals surface area contributed by atoms with E-state index in [1.165, 1.54) is 18.4 Å². The molecule has 1 aliphatic heterocycles. The molecule has 0 bridgehead atoms. The third kappa shape index (κ3) is 4.15. The monoisotopic (exact) mass is 221 g/mol. The second kappa shape index (κ2) is 7.18. The molecule has 16 heavy (non-hydrogen) atoms. The second-order valence-electron chi connectivity index (χ2n) is 4.04. The van der Waals surface area contributed by atoms with E-state index < -0.39 is 0 Å². The molecule has 1 saturated heterocycles. The number of nitrogens with one attached hydrogen (secondary N) is 1. The maximum atomic E-state index is 12.7. The van der Waals surface area contributed by atoms with Crippen molar-refractivity contribution in [3.8, 4) is 0 Å². The van der Waals surface area contributed by atoms with Crippen LogP contribution in [0.5, 0.6) is 0 Å². The fourth-order valence-electron chi connectivity index (χ4n) is 2.05. The van der Waals surface area contributed by atoms with Gasteiger partial charge in [0.25, 0.3) is 0 Å². The van der Waals surface area contributed by atoms with Crippen LogP contribution in [0, 0.1) is 11.7 Å². The van der Waals surface area contributed by atoms with E-state index >= 15 is 0 Å². The second-order valence-corrected chi connectivity index (χ2v) is 4.04. The molecule has 0 amide bonds. The van der Waals surface area contributed by atoms with E-state index in [1.54, 1.807) is 12.1 Å². The normalized spacial score (nSPS) is 19.7. The van der Waals surface area contributed by atoms with Crippen LogP contribution in [0.1, 0.15) is 18.4 Å². The summed E-state index contributed by atoms with van der Waals surface area (Å²) in [6.45, 7) is 8.26. The number of hydrogen-bond donors (Lipinski definition) is 1. The molecule has 0 aliphatic carbocycles. The van der Waals surface area contributed by atoms with Gasteiger partial charge >= 0.3 is 0 Å². The maximum Gasteiger partial charge on any atom is 0.123 e. The fourth-order valence-corrected chi connectivity index (χ4v) is 2.05. The van der Waals surface area contributed by atoms with Crippen molar-refractivity contribution in [3.63, 3.8) is 0 Å². The van der Waals surface area contributed by atoms with Crippen LogP contribution in [-0.2, 0) is 6.42 Å². The average molecular weight is 221 g/mol. The van der Waals surface area contributed by atoms with Crippen molar-refractivity contribution >= 4 is 0 Å². The molecule has 1 aromatic carbocycles. The molecular formula is C14H20FN. The van der Waals surface area contributed by atoms with Crippen LogP contribution in [0.3, 0.4) is 0 Å². The Morgan fingerprint density at radius 1 is 1.25 bits per heavy atom. The molecule has 1 N–H and O–H groups in total. The van der Waals surface area contributed by atoms with Gasteiger partial charge in [0.1, 0.15) is 5.82 Å².